The lowest BCUT2D eigenvalue weighted by atomic mass is 9.74. The second-order valence-electron chi connectivity index (χ2n) is 12.4. The van der Waals surface area contributed by atoms with Gasteiger partial charge in [0.1, 0.15) is 5.83 Å². The SMILES string of the molecule is N[C@@H](Cn1c(=O)c2c(n(CC3=C(C(F)(F)F)CCC=C3F)c1=O)CCC21CCN(Cc2cccc(Cl)c2)CC1)c1ccccc1. The number of nitrogens with two attached hydrogens (primary N) is 1. The van der Waals surface area contributed by atoms with Crippen molar-refractivity contribution in [1.29, 1.82) is 0 Å². The predicted molar refractivity (Wildman–Crippen MR) is 166 cm³/mol. The van der Waals surface area contributed by atoms with E-state index in [0.717, 1.165) is 16.2 Å². The number of nitrogens with zero attached hydrogens (tertiary/aromatic N) is 3. The standard InChI is InChI=1S/C34H35ClF4N4O2/c35-24-9-4-6-22(18-24)19-41-16-14-33(15-17-41)13-12-29-30(33)31(44)43(21-28(40)23-7-2-1-3-8-23)32(45)42(29)20-25-26(34(37,38)39)10-5-11-27(25)36/h1-4,6-9,11,18,28H,5,10,12-17,19-21,40H2/t28-/m0/s1. The van der Waals surface area contributed by atoms with Crippen molar-refractivity contribution in [2.75, 3.05) is 13.1 Å². The van der Waals surface area contributed by atoms with Crippen molar-refractivity contribution in [1.82, 2.24) is 14.0 Å². The predicted octanol–water partition coefficient (Wildman–Crippen LogP) is 6.35. The van der Waals surface area contributed by atoms with Crippen molar-refractivity contribution in [3.63, 3.8) is 0 Å². The number of allylic oxidation sites excluding steroid dienone is 4. The minimum absolute atomic E-state index is 0.0720. The molecule has 1 aliphatic heterocycles. The third-order valence-corrected chi connectivity index (χ3v) is 9.89. The maximum Gasteiger partial charge on any atom is 0.413 e. The summed E-state index contributed by atoms with van der Waals surface area (Å²) in [7, 11) is 0. The quantitative estimate of drug-likeness (QED) is 0.305. The van der Waals surface area contributed by atoms with E-state index in [1.54, 1.807) is 24.3 Å². The smallest absolute Gasteiger partial charge is 0.322 e. The minimum Gasteiger partial charge on any atom is -0.322 e. The maximum absolute atomic E-state index is 15.1. The number of piperidine rings is 1. The molecule has 1 spiro atoms. The molecule has 3 aliphatic rings. The van der Waals surface area contributed by atoms with Gasteiger partial charge in [-0.1, -0.05) is 54.1 Å². The second kappa shape index (κ2) is 12.4. The lowest BCUT2D eigenvalue weighted by Crippen LogP contribution is -2.49. The lowest BCUT2D eigenvalue weighted by Gasteiger charge is -2.40. The van der Waals surface area contributed by atoms with Crippen LogP contribution >= 0.6 is 11.6 Å². The third-order valence-electron chi connectivity index (χ3n) is 9.65. The molecule has 1 fully saturated rings. The highest BCUT2D eigenvalue weighted by Crippen LogP contribution is 2.45. The van der Waals surface area contributed by atoms with Crippen LogP contribution in [0.15, 0.2) is 87.2 Å². The Balaban J connectivity index is 1.41. The zero-order chi connectivity index (χ0) is 31.9. The summed E-state index contributed by atoms with van der Waals surface area (Å²) in [5.41, 5.74) is 5.83. The van der Waals surface area contributed by atoms with E-state index in [1.807, 2.05) is 30.3 Å². The zero-order valence-corrected chi connectivity index (χ0v) is 25.5. The fraction of sp³-hybridized carbons (Fsp3) is 0.412. The van der Waals surface area contributed by atoms with Crippen molar-refractivity contribution in [3.05, 3.63) is 126 Å². The topological polar surface area (TPSA) is 73.3 Å². The molecule has 6 nitrogen and oxygen atoms in total. The Morgan fingerprint density at radius 1 is 0.933 bits per heavy atom. The Hall–Kier alpha value is -3.47. The van der Waals surface area contributed by atoms with E-state index in [2.05, 4.69) is 4.90 Å². The molecule has 45 heavy (non-hydrogen) atoms. The molecule has 1 saturated heterocycles. The number of benzene rings is 2. The largest absolute Gasteiger partial charge is 0.413 e. The summed E-state index contributed by atoms with van der Waals surface area (Å²) < 4.78 is 59.4. The zero-order valence-electron chi connectivity index (χ0n) is 24.8. The van der Waals surface area contributed by atoms with Crippen molar-refractivity contribution in [3.8, 4) is 0 Å². The van der Waals surface area contributed by atoms with Gasteiger partial charge < -0.3 is 5.73 Å². The lowest BCUT2D eigenvalue weighted by molar-refractivity contribution is -0.0952. The van der Waals surface area contributed by atoms with Gasteiger partial charge in [0.25, 0.3) is 5.56 Å². The monoisotopic (exact) mass is 642 g/mol. The summed E-state index contributed by atoms with van der Waals surface area (Å²) in [5, 5.41) is 0.658. The molecule has 0 radical (unpaired) electrons. The van der Waals surface area contributed by atoms with E-state index in [-0.39, 0.29) is 19.4 Å². The normalized spacial score (nSPS) is 19.1. The van der Waals surface area contributed by atoms with E-state index in [0.29, 0.717) is 67.2 Å². The average Bonchev–Trinajstić information content (AvgIpc) is 3.37. The maximum atomic E-state index is 15.1. The van der Waals surface area contributed by atoms with Crippen LogP contribution in [0, 0.1) is 0 Å². The van der Waals surface area contributed by atoms with E-state index in [9.17, 15) is 22.8 Å². The number of fused-ring (bicyclic) bond motifs is 2. The van der Waals surface area contributed by atoms with Gasteiger partial charge in [-0.3, -0.25) is 18.8 Å². The molecule has 2 heterocycles. The van der Waals surface area contributed by atoms with Crippen LogP contribution < -0.4 is 17.0 Å². The molecule has 0 bridgehead atoms. The van der Waals surface area contributed by atoms with Gasteiger partial charge in [-0.25, -0.2) is 9.18 Å². The number of rotatable bonds is 7. The number of aromatic nitrogens is 2. The molecule has 2 aromatic carbocycles. The highest BCUT2D eigenvalue weighted by molar-refractivity contribution is 6.30. The fourth-order valence-corrected chi connectivity index (χ4v) is 7.49. The second-order valence-corrected chi connectivity index (χ2v) is 12.8. The van der Waals surface area contributed by atoms with Crippen LogP contribution in [-0.2, 0) is 31.5 Å². The van der Waals surface area contributed by atoms with Gasteiger partial charge in [-0.05, 0) is 81.0 Å². The van der Waals surface area contributed by atoms with E-state index in [4.69, 9.17) is 17.3 Å². The molecule has 2 N–H and O–H groups in total. The molecule has 0 unspecified atom stereocenters. The van der Waals surface area contributed by atoms with Crippen LogP contribution in [0.5, 0.6) is 0 Å². The van der Waals surface area contributed by atoms with Crippen LogP contribution in [0.3, 0.4) is 0 Å². The molecular weight excluding hydrogens is 608 g/mol. The summed E-state index contributed by atoms with van der Waals surface area (Å²) in [6, 6.07) is 16.0. The van der Waals surface area contributed by atoms with E-state index in [1.165, 1.54) is 4.57 Å². The Kier molecular flexibility index (Phi) is 8.67. The summed E-state index contributed by atoms with van der Waals surface area (Å²) in [6.45, 7) is 1.31. The molecule has 2 aliphatic carbocycles. The Morgan fingerprint density at radius 2 is 1.67 bits per heavy atom. The van der Waals surface area contributed by atoms with Crippen LogP contribution in [0.4, 0.5) is 17.6 Å². The number of likely N-dealkylation sites (tertiary alicyclic amines) is 1. The number of alkyl halides is 3. The molecule has 11 heteroatoms. The molecule has 0 saturated carbocycles. The first-order valence-corrected chi connectivity index (χ1v) is 15.6. The Morgan fingerprint density at radius 3 is 2.36 bits per heavy atom. The third kappa shape index (κ3) is 6.20. The molecule has 0 amide bonds. The summed E-state index contributed by atoms with van der Waals surface area (Å²) >= 11 is 6.18. The first kappa shape index (κ1) is 31.5. The molecule has 6 rings (SSSR count). The fourth-order valence-electron chi connectivity index (χ4n) is 7.28. The van der Waals surface area contributed by atoms with E-state index >= 15 is 4.39 Å². The van der Waals surface area contributed by atoms with Gasteiger partial charge in [0, 0.05) is 45.4 Å². The summed E-state index contributed by atoms with van der Waals surface area (Å²) in [6.07, 6.45) is -1.83. The number of halogens is 5. The van der Waals surface area contributed by atoms with E-state index < -0.39 is 52.4 Å². The number of hydrogen-bond donors (Lipinski definition) is 1. The summed E-state index contributed by atoms with van der Waals surface area (Å²) in [5.74, 6) is -0.977. The molecular formula is C34H35ClF4N4O2. The van der Waals surface area contributed by atoms with Gasteiger partial charge in [0.15, 0.2) is 0 Å². The summed E-state index contributed by atoms with van der Waals surface area (Å²) in [4.78, 5) is 30.6. The molecule has 3 aromatic rings. The number of hydrogen-bond acceptors (Lipinski definition) is 4. The highest BCUT2D eigenvalue weighted by atomic mass is 35.5. The van der Waals surface area contributed by atoms with Gasteiger partial charge in [-0.15, -0.1) is 0 Å². The van der Waals surface area contributed by atoms with Crippen LogP contribution in [0.25, 0.3) is 0 Å². The van der Waals surface area contributed by atoms with Crippen LogP contribution in [-0.4, -0.2) is 33.3 Å². The Bertz CT molecular complexity index is 1770. The van der Waals surface area contributed by atoms with Crippen molar-refractivity contribution in [2.45, 2.75) is 75.8 Å². The average molecular weight is 643 g/mol. The molecule has 238 valence electrons. The minimum atomic E-state index is -4.74. The molecule has 1 aromatic heterocycles. The molecule has 1 atom stereocenters. The highest BCUT2D eigenvalue weighted by Gasteiger charge is 2.46. The first-order valence-electron chi connectivity index (χ1n) is 15.3. The van der Waals surface area contributed by atoms with Crippen molar-refractivity contribution < 1.29 is 17.6 Å². The van der Waals surface area contributed by atoms with Crippen molar-refractivity contribution in [2.24, 2.45) is 5.73 Å². The van der Waals surface area contributed by atoms with Gasteiger partial charge >= 0.3 is 11.9 Å². The van der Waals surface area contributed by atoms with Gasteiger partial charge in [-0.2, -0.15) is 13.2 Å². The van der Waals surface area contributed by atoms with Crippen LogP contribution in [0.1, 0.15) is 60.5 Å². The van der Waals surface area contributed by atoms with Crippen LogP contribution in [0.2, 0.25) is 5.02 Å². The first-order chi connectivity index (χ1) is 21.5. The van der Waals surface area contributed by atoms with Gasteiger partial charge in [0.2, 0.25) is 0 Å². The van der Waals surface area contributed by atoms with Gasteiger partial charge in [0.05, 0.1) is 13.1 Å². The van der Waals surface area contributed by atoms with Crippen molar-refractivity contribution >= 4 is 11.6 Å². The Labute approximate surface area is 263 Å².